The number of carbonyl (C=O) groups excluding carboxylic acids is 1. The van der Waals surface area contributed by atoms with Crippen LogP contribution in [0.2, 0.25) is 0 Å². The van der Waals surface area contributed by atoms with Crippen LogP contribution in [0.5, 0.6) is 0 Å². The minimum atomic E-state index is 0. The SMILES string of the molecule is Cl.Cl.O=C(NCCc1cccc2cccnc12)C1CC12CCNCC2. The van der Waals surface area contributed by atoms with Crippen molar-refractivity contribution in [3.05, 3.63) is 42.1 Å². The van der Waals surface area contributed by atoms with Gasteiger partial charge in [0.25, 0.3) is 0 Å². The number of benzene rings is 1. The van der Waals surface area contributed by atoms with E-state index in [4.69, 9.17) is 0 Å². The second kappa shape index (κ2) is 8.35. The van der Waals surface area contributed by atoms with Crippen molar-refractivity contribution in [2.75, 3.05) is 19.6 Å². The molecule has 1 spiro atoms. The first-order valence-electron chi connectivity index (χ1n) is 8.60. The zero-order valence-corrected chi connectivity index (χ0v) is 15.8. The van der Waals surface area contributed by atoms with Gasteiger partial charge in [0.1, 0.15) is 0 Å². The third-order valence-corrected chi connectivity index (χ3v) is 5.52. The van der Waals surface area contributed by atoms with Crippen molar-refractivity contribution in [2.45, 2.75) is 25.7 Å². The Morgan fingerprint density at radius 1 is 1.20 bits per heavy atom. The summed E-state index contributed by atoms with van der Waals surface area (Å²) in [5, 5.41) is 7.68. The summed E-state index contributed by atoms with van der Waals surface area (Å²) >= 11 is 0. The number of piperidine rings is 1. The summed E-state index contributed by atoms with van der Waals surface area (Å²) in [7, 11) is 0. The third-order valence-electron chi connectivity index (χ3n) is 5.52. The number of halogens is 2. The topological polar surface area (TPSA) is 54.0 Å². The Kier molecular flexibility index (Phi) is 6.66. The van der Waals surface area contributed by atoms with Gasteiger partial charge < -0.3 is 10.6 Å². The van der Waals surface area contributed by atoms with Gasteiger partial charge in [-0.25, -0.2) is 0 Å². The van der Waals surface area contributed by atoms with Crippen LogP contribution in [0, 0.1) is 11.3 Å². The van der Waals surface area contributed by atoms with E-state index in [0.717, 1.165) is 49.7 Å². The first-order valence-corrected chi connectivity index (χ1v) is 8.60. The average molecular weight is 382 g/mol. The molecule has 136 valence electrons. The number of aromatic nitrogens is 1. The van der Waals surface area contributed by atoms with Crippen molar-refractivity contribution in [3.8, 4) is 0 Å². The number of hydrogen-bond donors (Lipinski definition) is 2. The Morgan fingerprint density at radius 2 is 1.96 bits per heavy atom. The maximum atomic E-state index is 12.4. The standard InChI is InChI=1S/C19H23N3O.2ClH/c23-18(16-13-19(16)7-11-20-12-8-19)22-10-6-15-4-1-3-14-5-2-9-21-17(14)15;;/h1-5,9,16,20H,6-8,10-13H2,(H,22,23);2*1H. The normalized spacial score (nSPS) is 20.4. The van der Waals surface area contributed by atoms with Crippen LogP contribution in [0.15, 0.2) is 36.5 Å². The lowest BCUT2D eigenvalue weighted by Crippen LogP contribution is -2.34. The molecule has 1 atom stereocenters. The summed E-state index contributed by atoms with van der Waals surface area (Å²) in [6.07, 6.45) is 6.05. The molecule has 4 rings (SSSR count). The minimum Gasteiger partial charge on any atom is -0.356 e. The first-order chi connectivity index (χ1) is 11.3. The van der Waals surface area contributed by atoms with E-state index in [0.29, 0.717) is 12.0 Å². The maximum Gasteiger partial charge on any atom is 0.223 e. The Labute approximate surface area is 161 Å². The van der Waals surface area contributed by atoms with Crippen LogP contribution in [0.1, 0.15) is 24.8 Å². The molecule has 1 unspecified atom stereocenters. The fourth-order valence-electron chi connectivity index (χ4n) is 4.01. The number of nitrogens with zero attached hydrogens (tertiary/aromatic N) is 1. The van der Waals surface area contributed by atoms with Gasteiger partial charge in [-0.1, -0.05) is 24.3 Å². The Bertz CT molecular complexity index is 726. The van der Waals surface area contributed by atoms with E-state index in [9.17, 15) is 4.79 Å². The van der Waals surface area contributed by atoms with E-state index in [-0.39, 0.29) is 36.6 Å². The molecule has 4 nitrogen and oxygen atoms in total. The van der Waals surface area contributed by atoms with Gasteiger partial charge in [-0.3, -0.25) is 9.78 Å². The van der Waals surface area contributed by atoms with Gasteiger partial charge in [-0.15, -0.1) is 24.8 Å². The van der Waals surface area contributed by atoms with Crippen LogP contribution in [-0.4, -0.2) is 30.5 Å². The zero-order chi connectivity index (χ0) is 15.7. The van der Waals surface area contributed by atoms with Crippen LogP contribution >= 0.6 is 24.8 Å². The van der Waals surface area contributed by atoms with E-state index in [1.807, 2.05) is 12.3 Å². The van der Waals surface area contributed by atoms with E-state index in [1.54, 1.807) is 0 Å². The van der Waals surface area contributed by atoms with Gasteiger partial charge in [0, 0.05) is 24.0 Å². The summed E-state index contributed by atoms with van der Waals surface area (Å²) in [5.41, 5.74) is 2.57. The molecule has 1 aliphatic carbocycles. The fourth-order valence-corrected chi connectivity index (χ4v) is 4.01. The summed E-state index contributed by atoms with van der Waals surface area (Å²) in [6.45, 7) is 2.82. The quantitative estimate of drug-likeness (QED) is 0.855. The summed E-state index contributed by atoms with van der Waals surface area (Å²) in [4.78, 5) is 16.9. The molecule has 1 aromatic heterocycles. The smallest absolute Gasteiger partial charge is 0.223 e. The lowest BCUT2D eigenvalue weighted by molar-refractivity contribution is -0.123. The number of nitrogens with one attached hydrogen (secondary N) is 2. The number of pyridine rings is 1. The van der Waals surface area contributed by atoms with Crippen LogP contribution in [-0.2, 0) is 11.2 Å². The van der Waals surface area contributed by atoms with E-state index in [2.05, 4.69) is 39.9 Å². The highest BCUT2D eigenvalue weighted by Crippen LogP contribution is 2.58. The van der Waals surface area contributed by atoms with Gasteiger partial charge in [-0.2, -0.15) is 0 Å². The van der Waals surface area contributed by atoms with Gasteiger partial charge >= 0.3 is 0 Å². The van der Waals surface area contributed by atoms with Crippen LogP contribution in [0.25, 0.3) is 10.9 Å². The van der Waals surface area contributed by atoms with Crippen molar-refractivity contribution in [1.82, 2.24) is 15.6 Å². The average Bonchev–Trinajstić information content (AvgIpc) is 3.29. The van der Waals surface area contributed by atoms with Crippen molar-refractivity contribution in [1.29, 1.82) is 0 Å². The lowest BCUT2D eigenvalue weighted by Gasteiger charge is -2.23. The van der Waals surface area contributed by atoms with Crippen molar-refractivity contribution < 1.29 is 4.79 Å². The predicted molar refractivity (Wildman–Crippen MR) is 106 cm³/mol. The fraction of sp³-hybridized carbons (Fsp3) is 0.474. The van der Waals surface area contributed by atoms with Gasteiger partial charge in [0.15, 0.2) is 0 Å². The number of rotatable bonds is 4. The highest BCUT2D eigenvalue weighted by molar-refractivity contribution is 5.86. The molecule has 1 aromatic carbocycles. The minimum absolute atomic E-state index is 0. The third kappa shape index (κ3) is 4.08. The van der Waals surface area contributed by atoms with E-state index >= 15 is 0 Å². The molecule has 1 aliphatic heterocycles. The molecule has 2 fully saturated rings. The summed E-state index contributed by atoms with van der Waals surface area (Å²) in [5.74, 6) is 0.496. The number of carbonyl (C=O) groups is 1. The Morgan fingerprint density at radius 3 is 2.76 bits per heavy atom. The molecule has 2 aromatic rings. The van der Waals surface area contributed by atoms with Gasteiger partial charge in [-0.05, 0) is 55.8 Å². The van der Waals surface area contributed by atoms with E-state index in [1.165, 1.54) is 5.56 Å². The molecule has 0 bridgehead atoms. The molecule has 1 saturated carbocycles. The van der Waals surface area contributed by atoms with Crippen molar-refractivity contribution >= 4 is 41.6 Å². The molecule has 1 saturated heterocycles. The molecule has 25 heavy (non-hydrogen) atoms. The van der Waals surface area contributed by atoms with Gasteiger partial charge in [0.05, 0.1) is 5.52 Å². The van der Waals surface area contributed by atoms with Crippen LogP contribution in [0.3, 0.4) is 0 Å². The number of para-hydroxylation sites is 1. The number of amides is 1. The summed E-state index contributed by atoms with van der Waals surface area (Å²) in [6, 6.07) is 10.3. The van der Waals surface area contributed by atoms with Crippen molar-refractivity contribution in [3.63, 3.8) is 0 Å². The highest BCUT2D eigenvalue weighted by Gasteiger charge is 2.57. The largest absolute Gasteiger partial charge is 0.356 e. The molecule has 2 N–H and O–H groups in total. The summed E-state index contributed by atoms with van der Waals surface area (Å²) < 4.78 is 0. The second-order valence-corrected chi connectivity index (χ2v) is 6.90. The Balaban J connectivity index is 0.00000113. The Hall–Kier alpha value is -1.36. The lowest BCUT2D eigenvalue weighted by atomic mass is 9.92. The maximum absolute atomic E-state index is 12.4. The molecule has 2 aliphatic rings. The zero-order valence-electron chi connectivity index (χ0n) is 14.2. The van der Waals surface area contributed by atoms with Gasteiger partial charge in [0.2, 0.25) is 5.91 Å². The second-order valence-electron chi connectivity index (χ2n) is 6.90. The molecule has 6 heteroatoms. The van der Waals surface area contributed by atoms with E-state index < -0.39 is 0 Å². The number of hydrogen-bond acceptors (Lipinski definition) is 3. The van der Waals surface area contributed by atoms with Crippen LogP contribution in [0.4, 0.5) is 0 Å². The first kappa shape index (κ1) is 20.0. The van der Waals surface area contributed by atoms with Crippen LogP contribution < -0.4 is 10.6 Å². The molecule has 0 radical (unpaired) electrons. The highest BCUT2D eigenvalue weighted by atomic mass is 35.5. The monoisotopic (exact) mass is 381 g/mol. The molecular weight excluding hydrogens is 357 g/mol. The molecule has 2 heterocycles. The molecular formula is C19H25Cl2N3O. The number of fused-ring (bicyclic) bond motifs is 1. The van der Waals surface area contributed by atoms with Crippen molar-refractivity contribution in [2.24, 2.45) is 11.3 Å². The predicted octanol–water partition coefficient (Wildman–Crippen LogP) is 3.13. The molecule has 1 amide bonds.